The minimum Gasteiger partial charge on any atom is -0.396 e. The van der Waals surface area contributed by atoms with Gasteiger partial charge in [0.25, 0.3) is 0 Å². The summed E-state index contributed by atoms with van der Waals surface area (Å²) in [4.78, 5) is 12.2. The number of amides is 2. The molecule has 1 aromatic carbocycles. The van der Waals surface area contributed by atoms with E-state index in [0.29, 0.717) is 12.2 Å². The molecule has 1 rings (SSSR count). The Morgan fingerprint density at radius 1 is 1.30 bits per heavy atom. The van der Waals surface area contributed by atoms with E-state index in [9.17, 15) is 13.6 Å². The number of benzene rings is 1. The van der Waals surface area contributed by atoms with Crippen molar-refractivity contribution in [3.63, 3.8) is 0 Å². The van der Waals surface area contributed by atoms with Crippen molar-refractivity contribution in [1.29, 1.82) is 0 Å². The zero-order chi connectivity index (χ0) is 17.4. The predicted octanol–water partition coefficient (Wildman–Crippen LogP) is 3.08. The molecule has 7 heteroatoms. The van der Waals surface area contributed by atoms with Gasteiger partial charge in [0.2, 0.25) is 0 Å². The summed E-state index contributed by atoms with van der Waals surface area (Å²) in [7, 11) is 0. The highest BCUT2D eigenvalue weighted by Gasteiger charge is 2.23. The van der Waals surface area contributed by atoms with Gasteiger partial charge in [-0.25, -0.2) is 13.6 Å². The molecule has 3 N–H and O–H groups in total. The van der Waals surface area contributed by atoms with Crippen LogP contribution in [0, 0.1) is 17.6 Å². The molecule has 0 aliphatic heterocycles. The van der Waals surface area contributed by atoms with Crippen LogP contribution in [0.1, 0.15) is 31.9 Å². The molecular weight excluding hydrogens is 322 g/mol. The van der Waals surface area contributed by atoms with E-state index >= 15 is 0 Å². The lowest BCUT2D eigenvalue weighted by molar-refractivity contribution is 0.224. The van der Waals surface area contributed by atoms with Crippen LogP contribution in [-0.4, -0.2) is 35.8 Å². The third kappa shape index (κ3) is 6.35. The van der Waals surface area contributed by atoms with Gasteiger partial charge in [-0.3, -0.25) is 0 Å². The first-order valence-electron chi connectivity index (χ1n) is 7.50. The number of carbonyl (C=O) groups excluding carboxylic acids is 1. The molecule has 0 spiro atoms. The zero-order valence-electron chi connectivity index (χ0n) is 13.6. The lowest BCUT2D eigenvalue weighted by Crippen LogP contribution is -2.46. The zero-order valence-corrected chi connectivity index (χ0v) is 14.4. The molecule has 2 amide bonds. The van der Waals surface area contributed by atoms with E-state index in [4.69, 9.17) is 5.11 Å². The Morgan fingerprint density at radius 3 is 2.52 bits per heavy atom. The van der Waals surface area contributed by atoms with Crippen molar-refractivity contribution in [2.24, 2.45) is 5.92 Å². The van der Waals surface area contributed by atoms with Gasteiger partial charge >= 0.3 is 6.03 Å². The highest BCUT2D eigenvalue weighted by Crippen LogP contribution is 2.24. The fourth-order valence-corrected chi connectivity index (χ4v) is 2.93. The SMILES string of the molecule is CSCC(CCO)NC(=O)NC(c1ccc(F)cc1F)C(C)C. The number of hydrogen-bond donors (Lipinski definition) is 3. The number of rotatable bonds is 8. The average Bonchev–Trinajstić information content (AvgIpc) is 2.45. The Balaban J connectivity index is 2.81. The van der Waals surface area contributed by atoms with Crippen LogP contribution in [0.15, 0.2) is 18.2 Å². The second kappa shape index (κ2) is 9.72. The molecule has 4 nitrogen and oxygen atoms in total. The van der Waals surface area contributed by atoms with Crippen molar-refractivity contribution < 1.29 is 18.7 Å². The van der Waals surface area contributed by atoms with Crippen LogP contribution in [0.4, 0.5) is 13.6 Å². The normalized spacial score (nSPS) is 13.7. The molecule has 0 aromatic heterocycles. The van der Waals surface area contributed by atoms with Gasteiger partial charge in [-0.2, -0.15) is 11.8 Å². The van der Waals surface area contributed by atoms with E-state index < -0.39 is 23.7 Å². The number of thioether (sulfide) groups is 1. The maximum atomic E-state index is 14.0. The van der Waals surface area contributed by atoms with E-state index in [0.717, 1.165) is 6.07 Å². The monoisotopic (exact) mass is 346 g/mol. The summed E-state index contributed by atoms with van der Waals surface area (Å²) < 4.78 is 27.0. The lowest BCUT2D eigenvalue weighted by atomic mass is 9.95. The van der Waals surface area contributed by atoms with Gasteiger partial charge in [0, 0.05) is 30.0 Å². The van der Waals surface area contributed by atoms with Crippen molar-refractivity contribution in [3.05, 3.63) is 35.4 Å². The van der Waals surface area contributed by atoms with Crippen LogP contribution in [0.2, 0.25) is 0 Å². The molecule has 0 heterocycles. The molecule has 23 heavy (non-hydrogen) atoms. The summed E-state index contributed by atoms with van der Waals surface area (Å²) in [6.07, 6.45) is 2.36. The summed E-state index contributed by atoms with van der Waals surface area (Å²) >= 11 is 1.56. The maximum absolute atomic E-state index is 14.0. The molecule has 0 saturated carbocycles. The van der Waals surface area contributed by atoms with E-state index in [2.05, 4.69) is 10.6 Å². The second-order valence-electron chi connectivity index (χ2n) is 5.67. The maximum Gasteiger partial charge on any atom is 0.315 e. The van der Waals surface area contributed by atoms with E-state index in [1.807, 2.05) is 20.1 Å². The standard InChI is InChI=1S/C16H24F2N2O2S/c1-10(2)15(13-5-4-11(17)8-14(13)18)20-16(22)19-12(6-7-21)9-23-3/h4-5,8,10,12,15,21H,6-7,9H2,1-3H3,(H2,19,20,22). The molecule has 0 saturated heterocycles. The van der Waals surface area contributed by atoms with Crippen LogP contribution < -0.4 is 10.6 Å². The molecule has 1 aromatic rings. The first-order chi connectivity index (χ1) is 10.9. The molecule has 0 aliphatic carbocycles. The summed E-state index contributed by atoms with van der Waals surface area (Å²) in [5.74, 6) is -0.732. The van der Waals surface area contributed by atoms with Gasteiger partial charge in [-0.15, -0.1) is 0 Å². The van der Waals surface area contributed by atoms with Crippen LogP contribution in [-0.2, 0) is 0 Å². The third-order valence-electron chi connectivity index (χ3n) is 3.43. The van der Waals surface area contributed by atoms with Crippen LogP contribution >= 0.6 is 11.8 Å². The molecule has 0 fully saturated rings. The topological polar surface area (TPSA) is 61.4 Å². The summed E-state index contributed by atoms with van der Waals surface area (Å²) in [5, 5.41) is 14.5. The molecule has 0 radical (unpaired) electrons. The van der Waals surface area contributed by atoms with Crippen molar-refractivity contribution in [3.8, 4) is 0 Å². The average molecular weight is 346 g/mol. The van der Waals surface area contributed by atoms with E-state index in [-0.39, 0.29) is 24.1 Å². The van der Waals surface area contributed by atoms with Gasteiger partial charge in [-0.1, -0.05) is 19.9 Å². The van der Waals surface area contributed by atoms with Gasteiger partial charge < -0.3 is 15.7 Å². The highest BCUT2D eigenvalue weighted by atomic mass is 32.2. The molecule has 0 bridgehead atoms. The molecule has 0 aliphatic rings. The highest BCUT2D eigenvalue weighted by molar-refractivity contribution is 7.98. The predicted molar refractivity (Wildman–Crippen MR) is 89.5 cm³/mol. The number of urea groups is 1. The fraction of sp³-hybridized carbons (Fsp3) is 0.562. The number of nitrogens with one attached hydrogen (secondary N) is 2. The minimum absolute atomic E-state index is 0.0221. The number of aliphatic hydroxyl groups is 1. The largest absolute Gasteiger partial charge is 0.396 e. The third-order valence-corrected chi connectivity index (χ3v) is 4.17. The number of aliphatic hydroxyl groups excluding tert-OH is 1. The number of hydrogen-bond acceptors (Lipinski definition) is 3. The molecule has 2 unspecified atom stereocenters. The van der Waals surface area contributed by atoms with E-state index in [1.165, 1.54) is 12.1 Å². The quantitative estimate of drug-likeness (QED) is 0.678. The summed E-state index contributed by atoms with van der Waals surface area (Å²) in [6, 6.07) is 2.17. The van der Waals surface area contributed by atoms with Crippen molar-refractivity contribution in [2.45, 2.75) is 32.4 Å². The first kappa shape index (κ1) is 19.7. The van der Waals surface area contributed by atoms with Gasteiger partial charge in [0.05, 0.1) is 6.04 Å². The Bertz CT molecular complexity index is 509. The Labute approximate surface area is 140 Å². The Morgan fingerprint density at radius 2 is 2.00 bits per heavy atom. The van der Waals surface area contributed by atoms with Crippen molar-refractivity contribution in [2.75, 3.05) is 18.6 Å². The van der Waals surface area contributed by atoms with E-state index in [1.54, 1.807) is 11.8 Å². The Hall–Kier alpha value is -1.34. The van der Waals surface area contributed by atoms with Gasteiger partial charge in [-0.05, 0) is 24.7 Å². The van der Waals surface area contributed by atoms with Crippen molar-refractivity contribution in [1.82, 2.24) is 10.6 Å². The lowest BCUT2D eigenvalue weighted by Gasteiger charge is -2.25. The summed E-state index contributed by atoms with van der Waals surface area (Å²) in [6.45, 7) is 3.67. The Kier molecular flexibility index (Phi) is 8.33. The van der Waals surface area contributed by atoms with Crippen LogP contribution in [0.5, 0.6) is 0 Å². The smallest absolute Gasteiger partial charge is 0.315 e. The van der Waals surface area contributed by atoms with Crippen LogP contribution in [0.25, 0.3) is 0 Å². The second-order valence-corrected chi connectivity index (χ2v) is 6.58. The minimum atomic E-state index is -0.681. The molecule has 130 valence electrons. The van der Waals surface area contributed by atoms with Gasteiger partial charge in [0.15, 0.2) is 0 Å². The number of halogens is 2. The van der Waals surface area contributed by atoms with Gasteiger partial charge in [0.1, 0.15) is 11.6 Å². The molecule has 2 atom stereocenters. The van der Waals surface area contributed by atoms with Crippen molar-refractivity contribution >= 4 is 17.8 Å². The summed E-state index contributed by atoms with van der Waals surface area (Å²) in [5.41, 5.74) is 0.250. The number of carbonyl (C=O) groups is 1. The molecular formula is C16H24F2N2O2S. The fourth-order valence-electron chi connectivity index (χ4n) is 2.28. The first-order valence-corrected chi connectivity index (χ1v) is 8.90. The van der Waals surface area contributed by atoms with Crippen LogP contribution in [0.3, 0.4) is 0 Å².